The Balaban J connectivity index is 1.55. The van der Waals surface area contributed by atoms with Crippen LogP contribution in [0.3, 0.4) is 0 Å². The van der Waals surface area contributed by atoms with E-state index in [1.807, 2.05) is 18.2 Å². The van der Waals surface area contributed by atoms with Crippen molar-refractivity contribution in [1.82, 2.24) is 0 Å². The molecule has 35 heavy (non-hydrogen) atoms. The number of thiophene rings is 1. The van der Waals surface area contributed by atoms with Gasteiger partial charge in [0.05, 0.1) is 17.9 Å². The van der Waals surface area contributed by atoms with Gasteiger partial charge in [-0.05, 0) is 59.3 Å². The maximum absolute atomic E-state index is 13.6. The average Bonchev–Trinajstić information content (AvgIpc) is 3.25. The van der Waals surface area contributed by atoms with Gasteiger partial charge in [0.1, 0.15) is 12.4 Å². The monoisotopic (exact) mass is 494 g/mol. The summed E-state index contributed by atoms with van der Waals surface area (Å²) in [4.78, 5) is 11.1. The molecule has 0 fully saturated rings. The van der Waals surface area contributed by atoms with Crippen LogP contribution in [-0.2, 0) is 17.6 Å². The summed E-state index contributed by atoms with van der Waals surface area (Å²) in [6, 6.07) is 18.4. The molecule has 3 nitrogen and oxygen atoms in total. The summed E-state index contributed by atoms with van der Waals surface area (Å²) in [6.45, 7) is 1.91. The van der Waals surface area contributed by atoms with Crippen molar-refractivity contribution in [1.29, 1.82) is 0 Å². The van der Waals surface area contributed by atoms with Crippen LogP contribution >= 0.6 is 11.3 Å². The molecule has 1 aromatic heterocycles. The Hall–Kier alpha value is -3.76. The van der Waals surface area contributed by atoms with E-state index in [-0.39, 0.29) is 18.6 Å². The number of hydrogen-bond acceptors (Lipinski definition) is 3. The summed E-state index contributed by atoms with van der Waals surface area (Å²) >= 11 is 1.40. The maximum Gasteiger partial charge on any atom is 0.417 e. The standard InChI is InChI=1S/C28H21F3O3S/c1-2-5-20(15-27(32)33)19-9-11-21(12-10-19)34-16-18-8-13-26-23(14-18)24(17-35-26)22-6-3-4-7-25(22)28(29,30)31/h3-4,6-14,17,20H,15-16H2,1H3,(H,32,33)/t20-/m0/s1. The summed E-state index contributed by atoms with van der Waals surface area (Å²) in [5.74, 6) is 4.96. The highest BCUT2D eigenvalue weighted by Gasteiger charge is 2.33. The number of ether oxygens (including phenoxy) is 1. The lowest BCUT2D eigenvalue weighted by Crippen LogP contribution is -2.06. The first-order chi connectivity index (χ1) is 16.8. The summed E-state index contributed by atoms with van der Waals surface area (Å²) in [5, 5.41) is 11.6. The van der Waals surface area contributed by atoms with Gasteiger partial charge in [-0.3, -0.25) is 4.79 Å². The van der Waals surface area contributed by atoms with Gasteiger partial charge < -0.3 is 9.84 Å². The lowest BCUT2D eigenvalue weighted by atomic mass is 9.96. The summed E-state index contributed by atoms with van der Waals surface area (Å²) < 4.78 is 47.5. The summed E-state index contributed by atoms with van der Waals surface area (Å²) in [7, 11) is 0. The number of rotatable bonds is 7. The Morgan fingerprint density at radius 3 is 2.49 bits per heavy atom. The number of halogens is 3. The molecule has 0 aliphatic carbocycles. The molecular weight excluding hydrogens is 473 g/mol. The van der Waals surface area contributed by atoms with Crippen molar-refractivity contribution in [3.05, 3.63) is 88.8 Å². The van der Waals surface area contributed by atoms with Gasteiger partial charge >= 0.3 is 12.1 Å². The van der Waals surface area contributed by atoms with Gasteiger partial charge in [0.15, 0.2) is 0 Å². The van der Waals surface area contributed by atoms with Crippen molar-refractivity contribution in [2.24, 2.45) is 0 Å². The highest BCUT2D eigenvalue weighted by atomic mass is 32.1. The van der Waals surface area contributed by atoms with E-state index in [2.05, 4.69) is 11.8 Å². The van der Waals surface area contributed by atoms with Gasteiger partial charge in [0.2, 0.25) is 0 Å². The molecule has 0 aliphatic heterocycles. The van der Waals surface area contributed by atoms with Crippen LogP contribution in [0.2, 0.25) is 0 Å². The Morgan fingerprint density at radius 1 is 1.06 bits per heavy atom. The first-order valence-electron chi connectivity index (χ1n) is 10.8. The second-order valence-electron chi connectivity index (χ2n) is 7.93. The first kappa shape index (κ1) is 24.4. The number of carboxylic acid groups (broad SMARTS) is 1. The van der Waals surface area contributed by atoms with Crippen molar-refractivity contribution in [2.45, 2.75) is 32.0 Å². The van der Waals surface area contributed by atoms with Gasteiger partial charge in [0.25, 0.3) is 0 Å². The number of fused-ring (bicyclic) bond motifs is 1. The third-order valence-electron chi connectivity index (χ3n) is 5.55. The molecular formula is C28H21F3O3S. The van der Waals surface area contributed by atoms with E-state index in [9.17, 15) is 18.0 Å². The molecule has 0 bridgehead atoms. The Morgan fingerprint density at radius 2 is 1.80 bits per heavy atom. The molecule has 1 N–H and O–H groups in total. The van der Waals surface area contributed by atoms with Gasteiger partial charge in [-0.25, -0.2) is 0 Å². The van der Waals surface area contributed by atoms with E-state index < -0.39 is 23.6 Å². The van der Waals surface area contributed by atoms with Crippen LogP contribution in [0, 0.1) is 11.8 Å². The van der Waals surface area contributed by atoms with E-state index in [0.717, 1.165) is 27.3 Å². The van der Waals surface area contributed by atoms with Gasteiger partial charge in [-0.15, -0.1) is 17.3 Å². The predicted molar refractivity (Wildman–Crippen MR) is 131 cm³/mol. The molecule has 1 heterocycles. The fourth-order valence-corrected chi connectivity index (χ4v) is 4.85. The largest absolute Gasteiger partial charge is 0.489 e. The zero-order valence-corrected chi connectivity index (χ0v) is 19.5. The minimum Gasteiger partial charge on any atom is -0.489 e. The number of hydrogen-bond donors (Lipinski definition) is 1. The van der Waals surface area contributed by atoms with E-state index in [1.165, 1.54) is 23.5 Å². The fraction of sp³-hybridized carbons (Fsp3) is 0.179. The smallest absolute Gasteiger partial charge is 0.417 e. The highest BCUT2D eigenvalue weighted by molar-refractivity contribution is 7.17. The van der Waals surface area contributed by atoms with Crippen molar-refractivity contribution >= 4 is 27.4 Å². The minimum absolute atomic E-state index is 0.0818. The Labute approximate surface area is 204 Å². The van der Waals surface area contributed by atoms with Gasteiger partial charge in [0, 0.05) is 15.6 Å². The van der Waals surface area contributed by atoms with Crippen LogP contribution in [0.4, 0.5) is 13.2 Å². The molecule has 7 heteroatoms. The van der Waals surface area contributed by atoms with Crippen LogP contribution in [0.15, 0.2) is 72.1 Å². The predicted octanol–water partition coefficient (Wildman–Crippen LogP) is 7.75. The number of benzene rings is 3. The molecule has 4 aromatic rings. The Bertz CT molecular complexity index is 1410. The molecule has 4 rings (SSSR count). The van der Waals surface area contributed by atoms with Crippen molar-refractivity contribution in [3.63, 3.8) is 0 Å². The summed E-state index contributed by atoms with van der Waals surface area (Å²) in [5.41, 5.74) is 1.67. The number of carbonyl (C=O) groups is 1. The first-order valence-corrected chi connectivity index (χ1v) is 11.7. The average molecular weight is 495 g/mol. The van der Waals surface area contributed by atoms with Crippen LogP contribution in [-0.4, -0.2) is 11.1 Å². The van der Waals surface area contributed by atoms with Crippen LogP contribution in [0.5, 0.6) is 5.75 Å². The second kappa shape index (κ2) is 10.2. The minimum atomic E-state index is -4.44. The number of carboxylic acids is 1. The molecule has 1 atom stereocenters. The lowest BCUT2D eigenvalue weighted by molar-refractivity contribution is -0.138. The molecule has 3 aromatic carbocycles. The quantitative estimate of drug-likeness (QED) is 0.267. The molecule has 0 saturated heterocycles. The van der Waals surface area contributed by atoms with Gasteiger partial charge in [-0.1, -0.05) is 42.3 Å². The number of alkyl halides is 3. The molecule has 0 spiro atoms. The molecule has 178 valence electrons. The molecule has 0 amide bonds. The van der Waals surface area contributed by atoms with Crippen LogP contribution < -0.4 is 4.74 Å². The lowest BCUT2D eigenvalue weighted by Gasteiger charge is -2.13. The van der Waals surface area contributed by atoms with Crippen molar-refractivity contribution in [2.75, 3.05) is 0 Å². The maximum atomic E-state index is 13.6. The number of aliphatic carboxylic acids is 1. The fourth-order valence-electron chi connectivity index (χ4n) is 3.90. The zero-order chi connectivity index (χ0) is 25.0. The highest BCUT2D eigenvalue weighted by Crippen LogP contribution is 2.41. The van der Waals surface area contributed by atoms with Gasteiger partial charge in [-0.2, -0.15) is 13.2 Å². The molecule has 0 saturated carbocycles. The topological polar surface area (TPSA) is 46.5 Å². The molecule has 0 unspecified atom stereocenters. The van der Waals surface area contributed by atoms with Crippen molar-refractivity contribution < 1.29 is 27.8 Å². The summed E-state index contributed by atoms with van der Waals surface area (Å²) in [6.07, 6.45) is -4.52. The second-order valence-corrected chi connectivity index (χ2v) is 8.84. The molecule has 0 radical (unpaired) electrons. The van der Waals surface area contributed by atoms with E-state index >= 15 is 0 Å². The SMILES string of the molecule is CC#C[C@@H](CC(=O)O)c1ccc(OCc2ccc3scc(-c4ccccc4C(F)(F)F)c3c2)cc1. The normalized spacial score (nSPS) is 12.1. The van der Waals surface area contributed by atoms with E-state index in [0.29, 0.717) is 11.3 Å². The van der Waals surface area contributed by atoms with Crippen molar-refractivity contribution in [3.8, 4) is 28.7 Å². The molecule has 0 aliphatic rings. The third-order valence-corrected chi connectivity index (χ3v) is 6.51. The van der Waals surface area contributed by atoms with Crippen LogP contribution in [0.1, 0.15) is 36.0 Å². The van der Waals surface area contributed by atoms with E-state index in [4.69, 9.17) is 9.84 Å². The zero-order valence-electron chi connectivity index (χ0n) is 18.7. The van der Waals surface area contributed by atoms with E-state index in [1.54, 1.807) is 42.6 Å². The third kappa shape index (κ3) is 5.67. The van der Waals surface area contributed by atoms with Crippen LogP contribution in [0.25, 0.3) is 21.2 Å². The Kier molecular flexibility index (Phi) is 7.13.